The molecule has 1 rings (SSSR count). The predicted molar refractivity (Wildman–Crippen MR) is 106 cm³/mol. The maximum Gasteiger partial charge on any atom is 0.234 e. The lowest BCUT2D eigenvalue weighted by molar-refractivity contribution is -0.550. The molecule has 0 heterocycles. The minimum atomic E-state index is -0.807. The lowest BCUT2D eigenvalue weighted by atomic mass is 9.78. The second-order valence-corrected chi connectivity index (χ2v) is 9.67. The topological polar surface area (TPSA) is 36.9 Å². The predicted octanol–water partition coefficient (Wildman–Crippen LogP) is 6.97. The summed E-state index contributed by atoms with van der Waals surface area (Å²) < 4.78 is 0. The summed E-state index contributed by atoms with van der Waals surface area (Å²) in [6.45, 7) is 17.3. The third-order valence-corrected chi connectivity index (χ3v) is 5.69. The monoisotopic (exact) mass is 372 g/mol. The van der Waals surface area contributed by atoms with Crippen molar-refractivity contribution in [1.82, 2.24) is 0 Å². The fraction of sp³-hybridized carbons (Fsp3) is 1.00. The quantitative estimate of drug-likeness (QED) is 0.210. The minimum absolute atomic E-state index is 0.323. The first kappa shape index (κ1) is 23.9. The average Bonchev–Trinajstić information content (AvgIpc) is 2.58. The summed E-state index contributed by atoms with van der Waals surface area (Å²) in [5, 5.41) is 0. The molecule has 1 fully saturated rings. The van der Waals surface area contributed by atoms with Gasteiger partial charge >= 0.3 is 0 Å². The van der Waals surface area contributed by atoms with Crippen molar-refractivity contribution in [2.75, 3.05) is 0 Å². The highest BCUT2D eigenvalue weighted by Gasteiger charge is 2.44. The Kier molecular flexibility index (Phi) is 9.55. The van der Waals surface area contributed by atoms with Crippen LogP contribution in [-0.2, 0) is 19.6 Å². The molecule has 0 spiro atoms. The van der Waals surface area contributed by atoms with Gasteiger partial charge in [0.05, 0.1) is 11.2 Å². The first-order valence-corrected chi connectivity index (χ1v) is 10.8. The van der Waals surface area contributed by atoms with Crippen LogP contribution in [0.5, 0.6) is 0 Å². The molecule has 1 aliphatic rings. The molecule has 4 nitrogen and oxygen atoms in total. The van der Waals surface area contributed by atoms with E-state index in [2.05, 4.69) is 55.4 Å². The molecule has 0 saturated heterocycles. The number of unbranched alkanes of at least 4 members (excludes halogenated alkanes) is 2. The van der Waals surface area contributed by atoms with Crippen LogP contribution in [0.15, 0.2) is 0 Å². The number of rotatable bonds is 12. The molecule has 0 N–H and O–H groups in total. The lowest BCUT2D eigenvalue weighted by Crippen LogP contribution is -2.46. The number of hydrogen-bond acceptors (Lipinski definition) is 4. The van der Waals surface area contributed by atoms with E-state index < -0.39 is 5.79 Å². The van der Waals surface area contributed by atoms with Gasteiger partial charge in [-0.25, -0.2) is 9.78 Å². The molecule has 156 valence electrons. The van der Waals surface area contributed by atoms with Crippen LogP contribution < -0.4 is 0 Å². The Morgan fingerprint density at radius 1 is 0.808 bits per heavy atom. The van der Waals surface area contributed by atoms with Crippen LogP contribution in [0, 0.1) is 11.8 Å². The molecule has 4 heteroatoms. The van der Waals surface area contributed by atoms with E-state index >= 15 is 0 Å². The molecule has 2 atom stereocenters. The third kappa shape index (κ3) is 8.24. The third-order valence-electron chi connectivity index (χ3n) is 5.69. The lowest BCUT2D eigenvalue weighted by Gasteiger charge is -2.42. The molecule has 0 amide bonds. The van der Waals surface area contributed by atoms with Gasteiger partial charge in [-0.1, -0.05) is 53.4 Å². The van der Waals surface area contributed by atoms with Crippen molar-refractivity contribution < 1.29 is 19.6 Å². The fourth-order valence-electron chi connectivity index (χ4n) is 3.36. The van der Waals surface area contributed by atoms with E-state index in [0.29, 0.717) is 11.8 Å². The van der Waals surface area contributed by atoms with Crippen LogP contribution in [0.25, 0.3) is 0 Å². The SMILES string of the molecule is CCCCC(C)(C)OOC1(OOC(C)(C)CCCC)CCC(C)C(C)C1. The summed E-state index contributed by atoms with van der Waals surface area (Å²) in [7, 11) is 0. The van der Waals surface area contributed by atoms with Crippen LogP contribution in [0.1, 0.15) is 113 Å². The molecule has 26 heavy (non-hydrogen) atoms. The van der Waals surface area contributed by atoms with Crippen molar-refractivity contribution >= 4 is 0 Å². The zero-order valence-electron chi connectivity index (χ0n) is 18.7. The zero-order chi connectivity index (χ0) is 19.8. The standard InChI is InChI=1S/C22H44O4/c1-9-11-14-20(5,6)23-25-22(16-13-18(3)19(4)17-22)26-24-21(7,8)15-12-10-2/h18-19H,9-17H2,1-8H3. The van der Waals surface area contributed by atoms with Crippen molar-refractivity contribution in [2.24, 2.45) is 11.8 Å². The second-order valence-electron chi connectivity index (χ2n) is 9.67. The summed E-state index contributed by atoms with van der Waals surface area (Å²) in [6, 6.07) is 0. The summed E-state index contributed by atoms with van der Waals surface area (Å²) in [5.74, 6) is 0.365. The summed E-state index contributed by atoms with van der Waals surface area (Å²) in [4.78, 5) is 23.8. The van der Waals surface area contributed by atoms with Gasteiger partial charge in [-0.3, -0.25) is 0 Å². The summed E-state index contributed by atoms with van der Waals surface area (Å²) in [6.07, 6.45) is 9.13. The van der Waals surface area contributed by atoms with Crippen LogP contribution in [-0.4, -0.2) is 17.0 Å². The Hall–Kier alpha value is -0.160. The van der Waals surface area contributed by atoms with Crippen molar-refractivity contribution in [3.8, 4) is 0 Å². The van der Waals surface area contributed by atoms with Crippen molar-refractivity contribution in [3.05, 3.63) is 0 Å². The van der Waals surface area contributed by atoms with E-state index in [9.17, 15) is 0 Å². The van der Waals surface area contributed by atoms with E-state index in [-0.39, 0.29) is 11.2 Å². The van der Waals surface area contributed by atoms with Crippen LogP contribution in [0.2, 0.25) is 0 Å². The van der Waals surface area contributed by atoms with Gasteiger partial charge in [0.2, 0.25) is 5.79 Å². The van der Waals surface area contributed by atoms with Crippen LogP contribution in [0.4, 0.5) is 0 Å². The maximum absolute atomic E-state index is 6.00. The van der Waals surface area contributed by atoms with Gasteiger partial charge in [0.15, 0.2) is 0 Å². The van der Waals surface area contributed by atoms with Gasteiger partial charge in [-0.15, -0.1) is 0 Å². The molecule has 1 aliphatic carbocycles. The first-order valence-electron chi connectivity index (χ1n) is 10.8. The molecular weight excluding hydrogens is 328 g/mol. The smallest absolute Gasteiger partial charge is 0.228 e. The van der Waals surface area contributed by atoms with Crippen molar-refractivity contribution in [2.45, 2.75) is 130 Å². The van der Waals surface area contributed by atoms with E-state index in [1.807, 2.05) is 0 Å². The van der Waals surface area contributed by atoms with E-state index in [1.54, 1.807) is 0 Å². The molecule has 0 aromatic heterocycles. The average molecular weight is 373 g/mol. The Morgan fingerprint density at radius 3 is 1.65 bits per heavy atom. The summed E-state index contributed by atoms with van der Waals surface area (Å²) >= 11 is 0. The largest absolute Gasteiger partial charge is 0.234 e. The molecular formula is C22H44O4. The van der Waals surface area contributed by atoms with Gasteiger partial charge < -0.3 is 0 Å². The summed E-state index contributed by atoms with van der Waals surface area (Å²) in [5.41, 5.74) is -0.646. The molecule has 0 aliphatic heterocycles. The number of hydrogen-bond donors (Lipinski definition) is 0. The van der Waals surface area contributed by atoms with Gasteiger partial charge in [0.25, 0.3) is 0 Å². The molecule has 1 saturated carbocycles. The Labute approximate surface area is 162 Å². The Balaban J connectivity index is 2.74. The van der Waals surface area contributed by atoms with Gasteiger partial charge in [-0.05, 0) is 58.8 Å². The van der Waals surface area contributed by atoms with E-state index in [0.717, 1.165) is 57.8 Å². The first-order chi connectivity index (χ1) is 12.0. The van der Waals surface area contributed by atoms with Crippen molar-refractivity contribution in [1.29, 1.82) is 0 Å². The Morgan fingerprint density at radius 2 is 1.27 bits per heavy atom. The van der Waals surface area contributed by atoms with Crippen LogP contribution in [0.3, 0.4) is 0 Å². The molecule has 0 radical (unpaired) electrons. The van der Waals surface area contributed by atoms with E-state index in [1.165, 1.54) is 0 Å². The highest BCUT2D eigenvalue weighted by molar-refractivity contribution is 4.82. The van der Waals surface area contributed by atoms with Gasteiger partial charge in [0, 0.05) is 12.8 Å². The zero-order valence-corrected chi connectivity index (χ0v) is 18.7. The minimum Gasteiger partial charge on any atom is -0.228 e. The molecule has 2 unspecified atom stereocenters. The highest BCUT2D eigenvalue weighted by atomic mass is 17.3. The molecule has 0 aromatic rings. The normalized spacial score (nSPS) is 24.0. The fourth-order valence-corrected chi connectivity index (χ4v) is 3.36. The maximum atomic E-state index is 6.00. The Bertz CT molecular complexity index is 368. The second kappa shape index (κ2) is 10.4. The van der Waals surface area contributed by atoms with Crippen molar-refractivity contribution in [3.63, 3.8) is 0 Å². The van der Waals surface area contributed by atoms with Crippen LogP contribution >= 0.6 is 0 Å². The van der Waals surface area contributed by atoms with Gasteiger partial charge in [-0.2, -0.15) is 9.78 Å². The van der Waals surface area contributed by atoms with Gasteiger partial charge in [0.1, 0.15) is 0 Å². The highest BCUT2D eigenvalue weighted by Crippen LogP contribution is 2.41. The van der Waals surface area contributed by atoms with E-state index in [4.69, 9.17) is 19.6 Å². The molecule has 0 aromatic carbocycles. The molecule has 0 bridgehead atoms.